The van der Waals surface area contributed by atoms with Crippen molar-refractivity contribution in [1.29, 1.82) is 0 Å². The molecule has 0 radical (unpaired) electrons. The Labute approximate surface area is 67.0 Å². The number of hydrogen-bond acceptors (Lipinski definition) is 3. The van der Waals surface area contributed by atoms with Crippen LogP contribution in [0.5, 0.6) is 0 Å². The average molecular weight is 165 g/mol. The predicted octanol–water partition coefficient (Wildman–Crippen LogP) is -0.642. The molecule has 0 aliphatic carbocycles. The number of hydrogen-bond donors (Lipinski definition) is 1. The van der Waals surface area contributed by atoms with Crippen molar-refractivity contribution in [2.75, 3.05) is 32.7 Å². The maximum absolute atomic E-state index is 9.28. The highest BCUT2D eigenvalue weighted by atomic mass is 35.5. The molecule has 2 bridgehead atoms. The molecule has 3 aliphatic rings. The molecule has 0 amide bonds. The van der Waals surface area contributed by atoms with Crippen molar-refractivity contribution < 1.29 is 5.11 Å². The lowest BCUT2D eigenvalue weighted by Gasteiger charge is -2.44. The van der Waals surface area contributed by atoms with Gasteiger partial charge in [-0.3, -0.25) is 9.80 Å². The second kappa shape index (κ2) is 3.05. The highest BCUT2D eigenvalue weighted by molar-refractivity contribution is 5.85. The predicted molar refractivity (Wildman–Crippen MR) is 41.3 cm³/mol. The number of nitrogens with zero attached hydrogens (tertiary/aromatic N) is 2. The van der Waals surface area contributed by atoms with Gasteiger partial charge in [-0.15, -0.1) is 12.4 Å². The summed E-state index contributed by atoms with van der Waals surface area (Å²) in [5.41, 5.74) is 0. The Bertz CT molecular complexity index is 114. The molecule has 1 atom stereocenters. The zero-order chi connectivity index (χ0) is 6.27. The molecule has 3 nitrogen and oxygen atoms in total. The van der Waals surface area contributed by atoms with E-state index in [0.717, 1.165) is 32.7 Å². The fourth-order valence-corrected chi connectivity index (χ4v) is 1.59. The Balaban J connectivity index is 0.000000500. The molecule has 3 saturated heterocycles. The van der Waals surface area contributed by atoms with Crippen LogP contribution in [-0.2, 0) is 0 Å². The largest absolute Gasteiger partial charge is 0.377 e. The highest BCUT2D eigenvalue weighted by Crippen LogP contribution is 2.12. The zero-order valence-electron chi connectivity index (χ0n) is 5.86. The Hall–Kier alpha value is 0.170. The Morgan fingerprint density at radius 2 is 1.70 bits per heavy atom. The van der Waals surface area contributed by atoms with Crippen LogP contribution >= 0.6 is 12.4 Å². The van der Waals surface area contributed by atoms with Gasteiger partial charge in [0.1, 0.15) is 6.23 Å². The van der Waals surface area contributed by atoms with Crippen LogP contribution in [0.4, 0.5) is 0 Å². The summed E-state index contributed by atoms with van der Waals surface area (Å²) in [6.45, 7) is 5.27. The van der Waals surface area contributed by atoms with E-state index in [1.54, 1.807) is 0 Å². The monoisotopic (exact) mass is 164 g/mol. The Kier molecular flexibility index (Phi) is 2.52. The van der Waals surface area contributed by atoms with Gasteiger partial charge in [-0.05, 0) is 0 Å². The minimum Gasteiger partial charge on any atom is -0.377 e. The average Bonchev–Trinajstić information content (AvgIpc) is 1.90. The second-order valence-electron chi connectivity index (χ2n) is 2.82. The van der Waals surface area contributed by atoms with E-state index in [1.165, 1.54) is 0 Å². The molecule has 1 N–H and O–H groups in total. The maximum atomic E-state index is 9.28. The van der Waals surface area contributed by atoms with Crippen LogP contribution in [0.3, 0.4) is 0 Å². The molecule has 0 saturated carbocycles. The molecule has 1 unspecified atom stereocenters. The molecule has 10 heavy (non-hydrogen) atoms. The van der Waals surface area contributed by atoms with E-state index in [4.69, 9.17) is 0 Å². The molecule has 4 heteroatoms. The van der Waals surface area contributed by atoms with Crippen LogP contribution in [0.2, 0.25) is 0 Å². The molecule has 3 fully saturated rings. The Morgan fingerprint density at radius 3 is 1.90 bits per heavy atom. The van der Waals surface area contributed by atoms with Gasteiger partial charge in [0.15, 0.2) is 0 Å². The molecule has 3 rings (SSSR count). The summed E-state index contributed by atoms with van der Waals surface area (Å²) in [6.07, 6.45) is -0.174. The Morgan fingerprint density at radius 1 is 1.10 bits per heavy atom. The van der Waals surface area contributed by atoms with E-state index in [-0.39, 0.29) is 18.6 Å². The van der Waals surface area contributed by atoms with Gasteiger partial charge in [-0.2, -0.15) is 0 Å². The summed E-state index contributed by atoms with van der Waals surface area (Å²) >= 11 is 0. The molecule has 60 valence electrons. The topological polar surface area (TPSA) is 26.7 Å². The van der Waals surface area contributed by atoms with Crippen LogP contribution in [0.15, 0.2) is 0 Å². The van der Waals surface area contributed by atoms with Crippen LogP contribution < -0.4 is 0 Å². The lowest BCUT2D eigenvalue weighted by atomic mass is 10.2. The first-order valence-electron chi connectivity index (χ1n) is 3.51. The summed E-state index contributed by atoms with van der Waals surface area (Å²) in [4.78, 5) is 4.45. The smallest absolute Gasteiger partial charge is 0.120 e. The van der Waals surface area contributed by atoms with E-state index in [1.807, 2.05) is 0 Å². The fraction of sp³-hybridized carbons (Fsp3) is 1.00. The second-order valence-corrected chi connectivity index (χ2v) is 2.82. The number of piperazine rings is 3. The number of fused-ring (bicyclic) bond motifs is 3. The normalized spacial score (nSPS) is 44.7. The molecular formula is C6H13ClN2O. The summed E-state index contributed by atoms with van der Waals surface area (Å²) in [5.74, 6) is 0. The summed E-state index contributed by atoms with van der Waals surface area (Å²) in [6, 6.07) is 0. The quantitative estimate of drug-likeness (QED) is 0.516. The van der Waals surface area contributed by atoms with Crippen molar-refractivity contribution in [3.05, 3.63) is 0 Å². The lowest BCUT2D eigenvalue weighted by Crippen LogP contribution is -2.60. The molecular weight excluding hydrogens is 152 g/mol. The third-order valence-corrected chi connectivity index (χ3v) is 2.25. The number of halogens is 1. The fourth-order valence-electron chi connectivity index (χ4n) is 1.59. The minimum absolute atomic E-state index is 0. The van der Waals surface area contributed by atoms with Gasteiger partial charge in [0, 0.05) is 32.7 Å². The summed E-state index contributed by atoms with van der Waals surface area (Å²) < 4.78 is 0. The first kappa shape index (κ1) is 8.27. The van der Waals surface area contributed by atoms with Gasteiger partial charge < -0.3 is 5.11 Å². The molecule has 0 aromatic rings. The van der Waals surface area contributed by atoms with Gasteiger partial charge in [-0.25, -0.2) is 0 Å². The third kappa shape index (κ3) is 1.27. The van der Waals surface area contributed by atoms with E-state index in [2.05, 4.69) is 9.80 Å². The molecule has 0 aromatic heterocycles. The molecule has 0 spiro atoms. The van der Waals surface area contributed by atoms with E-state index in [0.29, 0.717) is 0 Å². The van der Waals surface area contributed by atoms with Crippen molar-refractivity contribution >= 4 is 12.4 Å². The van der Waals surface area contributed by atoms with Crippen molar-refractivity contribution in [1.82, 2.24) is 9.80 Å². The first-order valence-corrected chi connectivity index (χ1v) is 3.51. The first-order chi connectivity index (χ1) is 4.36. The van der Waals surface area contributed by atoms with E-state index < -0.39 is 0 Å². The van der Waals surface area contributed by atoms with Crippen molar-refractivity contribution in [2.45, 2.75) is 6.23 Å². The lowest BCUT2D eigenvalue weighted by molar-refractivity contribution is -0.0939. The molecule has 0 aromatic carbocycles. The van der Waals surface area contributed by atoms with Crippen molar-refractivity contribution in [3.63, 3.8) is 0 Å². The van der Waals surface area contributed by atoms with Gasteiger partial charge in [0.05, 0.1) is 0 Å². The maximum Gasteiger partial charge on any atom is 0.120 e. The number of aliphatic hydroxyl groups is 1. The molecule has 3 aliphatic heterocycles. The highest BCUT2D eigenvalue weighted by Gasteiger charge is 2.29. The minimum atomic E-state index is -0.174. The molecule has 3 heterocycles. The van der Waals surface area contributed by atoms with Crippen LogP contribution in [0.1, 0.15) is 0 Å². The van der Waals surface area contributed by atoms with E-state index >= 15 is 0 Å². The SMILES string of the molecule is Cl.OC1CN2CCN1CC2. The van der Waals surface area contributed by atoms with Crippen LogP contribution in [-0.4, -0.2) is 53.9 Å². The van der Waals surface area contributed by atoms with Crippen molar-refractivity contribution in [3.8, 4) is 0 Å². The van der Waals surface area contributed by atoms with Crippen LogP contribution in [0.25, 0.3) is 0 Å². The van der Waals surface area contributed by atoms with Gasteiger partial charge in [0.25, 0.3) is 0 Å². The van der Waals surface area contributed by atoms with Gasteiger partial charge >= 0.3 is 0 Å². The summed E-state index contributed by atoms with van der Waals surface area (Å²) in [7, 11) is 0. The van der Waals surface area contributed by atoms with Crippen molar-refractivity contribution in [2.24, 2.45) is 0 Å². The van der Waals surface area contributed by atoms with Gasteiger partial charge in [0.2, 0.25) is 0 Å². The van der Waals surface area contributed by atoms with Gasteiger partial charge in [-0.1, -0.05) is 0 Å². The standard InChI is InChI=1S/C6H12N2O.ClH/c9-6-5-7-1-3-8(6)4-2-7;/h6,9H,1-5H2;1H. The number of rotatable bonds is 0. The number of aliphatic hydroxyl groups excluding tert-OH is 1. The zero-order valence-corrected chi connectivity index (χ0v) is 6.68. The third-order valence-electron chi connectivity index (χ3n) is 2.25. The van der Waals surface area contributed by atoms with E-state index in [9.17, 15) is 5.11 Å². The van der Waals surface area contributed by atoms with Crippen LogP contribution in [0, 0.1) is 0 Å². The summed E-state index contributed by atoms with van der Waals surface area (Å²) in [5, 5.41) is 9.28.